The van der Waals surface area contributed by atoms with Crippen LogP contribution in [0.1, 0.15) is 9.67 Å². The number of nitrogens with zero attached hydrogens (tertiary/aromatic N) is 4. The first kappa shape index (κ1) is 27.3. The zero-order valence-electron chi connectivity index (χ0n) is 21.8. The molecule has 2 N–H and O–H groups in total. The third kappa shape index (κ3) is 5.43. The van der Waals surface area contributed by atoms with E-state index in [1.54, 1.807) is 24.3 Å². The number of carbonyl (C=O) groups excluding carboxylic acids is 2. The molecule has 0 saturated carbocycles. The highest BCUT2D eigenvalue weighted by atomic mass is 79.9. The van der Waals surface area contributed by atoms with Crippen LogP contribution in [0.2, 0.25) is 0 Å². The number of nitrogens with one attached hydrogen (secondary N) is 2. The van der Waals surface area contributed by atoms with E-state index in [9.17, 15) is 14.0 Å². The number of amides is 3. The Morgan fingerprint density at radius 3 is 2.80 bits per heavy atom. The van der Waals surface area contributed by atoms with Crippen LogP contribution < -0.4 is 25.0 Å². The fourth-order valence-electron chi connectivity index (χ4n) is 4.67. The Morgan fingerprint density at radius 2 is 2.02 bits per heavy atom. The van der Waals surface area contributed by atoms with Gasteiger partial charge in [-0.1, -0.05) is 15.9 Å². The molecule has 11 nitrogen and oxygen atoms in total. The van der Waals surface area contributed by atoms with Crippen LogP contribution in [0, 0.1) is 5.82 Å². The fourth-order valence-corrected chi connectivity index (χ4v) is 5.99. The van der Waals surface area contributed by atoms with Gasteiger partial charge in [-0.3, -0.25) is 9.69 Å². The number of aromatic nitrogens is 2. The van der Waals surface area contributed by atoms with E-state index in [1.807, 2.05) is 0 Å². The molecule has 41 heavy (non-hydrogen) atoms. The predicted octanol–water partition coefficient (Wildman–Crippen LogP) is 5.25. The van der Waals surface area contributed by atoms with E-state index in [-0.39, 0.29) is 22.1 Å². The maximum absolute atomic E-state index is 14.8. The van der Waals surface area contributed by atoms with Crippen LogP contribution >= 0.6 is 27.3 Å². The summed E-state index contributed by atoms with van der Waals surface area (Å²) < 4.78 is 32.1. The molecule has 0 radical (unpaired) electrons. The second-order valence-corrected chi connectivity index (χ2v) is 11.1. The van der Waals surface area contributed by atoms with Crippen LogP contribution in [-0.4, -0.2) is 73.4 Å². The van der Waals surface area contributed by atoms with Crippen molar-refractivity contribution in [2.24, 2.45) is 0 Å². The molecule has 4 aromatic rings. The third-order valence-electron chi connectivity index (χ3n) is 6.66. The number of urea groups is 1. The predicted molar refractivity (Wildman–Crippen MR) is 156 cm³/mol. The van der Waals surface area contributed by atoms with Crippen LogP contribution in [0.25, 0.3) is 10.2 Å². The lowest BCUT2D eigenvalue weighted by atomic mass is 10.2. The molecule has 2 aromatic carbocycles. The van der Waals surface area contributed by atoms with Crippen LogP contribution in [0.4, 0.5) is 32.1 Å². The molecule has 212 valence electrons. The first-order chi connectivity index (χ1) is 19.9. The maximum atomic E-state index is 14.8. The molecule has 4 heterocycles. The van der Waals surface area contributed by atoms with Crippen molar-refractivity contribution in [2.75, 3.05) is 62.1 Å². The van der Waals surface area contributed by atoms with Gasteiger partial charge in [-0.25, -0.2) is 24.1 Å². The van der Waals surface area contributed by atoms with Gasteiger partial charge in [0.1, 0.15) is 28.5 Å². The van der Waals surface area contributed by atoms with Crippen molar-refractivity contribution >= 4 is 72.3 Å². The Labute approximate surface area is 246 Å². The zero-order valence-corrected chi connectivity index (χ0v) is 24.2. The molecule has 0 bridgehead atoms. The molecule has 1 saturated heterocycles. The second-order valence-electron chi connectivity index (χ2n) is 9.17. The monoisotopic (exact) mass is 642 g/mol. The third-order valence-corrected chi connectivity index (χ3v) is 8.25. The summed E-state index contributed by atoms with van der Waals surface area (Å²) in [5.41, 5.74) is 0.767. The van der Waals surface area contributed by atoms with Crippen molar-refractivity contribution in [1.82, 2.24) is 14.9 Å². The largest absolute Gasteiger partial charge is 0.493 e. The van der Waals surface area contributed by atoms with Crippen LogP contribution in [-0.2, 0) is 4.74 Å². The lowest BCUT2D eigenvalue weighted by Crippen LogP contribution is -2.38. The van der Waals surface area contributed by atoms with E-state index in [0.29, 0.717) is 38.5 Å². The van der Waals surface area contributed by atoms with Gasteiger partial charge in [0.15, 0.2) is 17.3 Å². The summed E-state index contributed by atoms with van der Waals surface area (Å²) in [6, 6.07) is 8.83. The molecule has 1 fully saturated rings. The SMILES string of the molecule is COc1cc(NC(=O)c2sc3ncnc4c3c2NC(=O)N4c2ccc(Br)cc2F)ccc1OCCN1CCOCC1. The lowest BCUT2D eigenvalue weighted by Gasteiger charge is -2.27. The molecule has 0 spiro atoms. The summed E-state index contributed by atoms with van der Waals surface area (Å²) in [7, 11) is 1.53. The Balaban J connectivity index is 1.23. The standard InChI is InChI=1S/C27H24BrFN6O5S/c1-38-20-13-16(3-5-19(20)40-11-8-34-6-9-39-10-7-34)32-25(36)23-22-21-24(30-14-31-26(21)41-23)35(27(37)33-22)18-4-2-15(28)12-17(18)29/h2-5,12-14H,6-11H2,1H3,(H,32,36)(H,33,37). The first-order valence-electron chi connectivity index (χ1n) is 12.7. The summed E-state index contributed by atoms with van der Waals surface area (Å²) in [4.78, 5) is 39.3. The van der Waals surface area contributed by atoms with Crippen LogP contribution in [0.15, 0.2) is 47.2 Å². The quantitative estimate of drug-likeness (QED) is 0.268. The maximum Gasteiger partial charge on any atom is 0.332 e. The van der Waals surface area contributed by atoms with Gasteiger partial charge in [0.25, 0.3) is 5.91 Å². The van der Waals surface area contributed by atoms with E-state index >= 15 is 0 Å². The van der Waals surface area contributed by atoms with Gasteiger partial charge in [-0.05, 0) is 30.3 Å². The molecule has 2 aromatic heterocycles. The van der Waals surface area contributed by atoms with Gasteiger partial charge in [0, 0.05) is 35.9 Å². The molecule has 6 rings (SSSR count). The van der Waals surface area contributed by atoms with Gasteiger partial charge in [-0.15, -0.1) is 11.3 Å². The molecular weight excluding hydrogens is 619 g/mol. The number of anilines is 4. The number of hydrogen-bond acceptors (Lipinski definition) is 9. The van der Waals surface area contributed by atoms with Crippen molar-refractivity contribution < 1.29 is 28.2 Å². The Hall–Kier alpha value is -3.85. The molecule has 0 unspecified atom stereocenters. The highest BCUT2D eigenvalue weighted by Crippen LogP contribution is 2.45. The summed E-state index contributed by atoms with van der Waals surface area (Å²) in [5.74, 6) is 0.144. The minimum absolute atomic E-state index is 0.0212. The average Bonchev–Trinajstić information content (AvgIpc) is 3.34. The van der Waals surface area contributed by atoms with Gasteiger partial charge in [0.2, 0.25) is 0 Å². The molecule has 3 amide bonds. The van der Waals surface area contributed by atoms with E-state index in [0.717, 1.165) is 49.1 Å². The smallest absolute Gasteiger partial charge is 0.332 e. The molecular formula is C27H24BrFN6O5S. The van der Waals surface area contributed by atoms with Gasteiger partial charge in [-0.2, -0.15) is 0 Å². The zero-order chi connectivity index (χ0) is 28.5. The summed E-state index contributed by atoms with van der Waals surface area (Å²) in [6.07, 6.45) is 1.28. The topological polar surface area (TPSA) is 118 Å². The molecule has 0 atom stereocenters. The van der Waals surface area contributed by atoms with Crippen molar-refractivity contribution in [3.63, 3.8) is 0 Å². The second kappa shape index (κ2) is 11.6. The van der Waals surface area contributed by atoms with Crippen molar-refractivity contribution in [3.8, 4) is 11.5 Å². The van der Waals surface area contributed by atoms with Crippen molar-refractivity contribution in [3.05, 3.63) is 57.9 Å². The molecule has 2 aliphatic rings. The molecule has 2 aliphatic heterocycles. The van der Waals surface area contributed by atoms with E-state index < -0.39 is 17.8 Å². The number of morpholine rings is 1. The van der Waals surface area contributed by atoms with Gasteiger partial charge in [0.05, 0.1) is 37.1 Å². The Bertz CT molecular complexity index is 1650. The number of thiophene rings is 1. The fraction of sp³-hybridized carbons (Fsp3) is 0.259. The van der Waals surface area contributed by atoms with E-state index in [2.05, 4.69) is 41.4 Å². The lowest BCUT2D eigenvalue weighted by molar-refractivity contribution is 0.0321. The number of carbonyl (C=O) groups is 2. The van der Waals surface area contributed by atoms with E-state index in [4.69, 9.17) is 14.2 Å². The number of rotatable bonds is 8. The van der Waals surface area contributed by atoms with Gasteiger partial charge >= 0.3 is 6.03 Å². The minimum Gasteiger partial charge on any atom is -0.493 e. The number of ether oxygens (including phenoxy) is 3. The van der Waals surface area contributed by atoms with Crippen LogP contribution in [0.3, 0.4) is 0 Å². The molecule has 0 aliphatic carbocycles. The van der Waals surface area contributed by atoms with Gasteiger partial charge < -0.3 is 24.8 Å². The molecule has 14 heteroatoms. The summed E-state index contributed by atoms with van der Waals surface area (Å²) in [5, 5.41) is 6.04. The van der Waals surface area contributed by atoms with Crippen molar-refractivity contribution in [2.45, 2.75) is 0 Å². The highest BCUT2D eigenvalue weighted by Gasteiger charge is 2.35. The number of hydrogen-bond donors (Lipinski definition) is 2. The summed E-state index contributed by atoms with van der Waals surface area (Å²) >= 11 is 4.33. The highest BCUT2D eigenvalue weighted by molar-refractivity contribution is 9.10. The van der Waals surface area contributed by atoms with Crippen LogP contribution in [0.5, 0.6) is 11.5 Å². The Morgan fingerprint density at radius 1 is 1.20 bits per heavy atom. The first-order valence-corrected chi connectivity index (χ1v) is 14.3. The number of methoxy groups -OCH3 is 1. The minimum atomic E-state index is -0.647. The average molecular weight is 643 g/mol. The normalized spacial score (nSPS) is 15.1. The van der Waals surface area contributed by atoms with Crippen molar-refractivity contribution in [1.29, 1.82) is 0 Å². The number of halogens is 2. The van der Waals surface area contributed by atoms with E-state index in [1.165, 1.54) is 25.6 Å². The Kier molecular flexibility index (Phi) is 7.71. The number of benzene rings is 2. The summed E-state index contributed by atoms with van der Waals surface area (Å²) in [6.45, 7) is 4.44.